The number of hydrogen-bond acceptors (Lipinski definition) is 3. The lowest BCUT2D eigenvalue weighted by Gasteiger charge is -2.20. The molecule has 3 heteroatoms. The van der Waals surface area contributed by atoms with E-state index in [2.05, 4.69) is 19.1 Å². The summed E-state index contributed by atoms with van der Waals surface area (Å²) in [5.41, 5.74) is 5.93. The summed E-state index contributed by atoms with van der Waals surface area (Å²) in [6.45, 7) is 4.63. The van der Waals surface area contributed by atoms with Crippen molar-refractivity contribution in [1.82, 2.24) is 0 Å². The minimum atomic E-state index is -0.831. The van der Waals surface area contributed by atoms with Crippen molar-refractivity contribution in [3.8, 4) is 5.75 Å². The molecule has 0 aromatic heterocycles. The van der Waals surface area contributed by atoms with Crippen LogP contribution < -0.4 is 10.5 Å². The monoisotopic (exact) mass is 237 g/mol. The molecule has 1 atom stereocenters. The lowest BCUT2D eigenvalue weighted by atomic mass is 10.0. The zero-order valence-electron chi connectivity index (χ0n) is 10.8. The van der Waals surface area contributed by atoms with Crippen molar-refractivity contribution in [2.45, 2.75) is 38.7 Å². The number of hydrogen-bond donors (Lipinski definition) is 2. The fraction of sp³-hybridized carbons (Fsp3) is 0.571. The molecule has 0 fully saturated rings. The zero-order valence-corrected chi connectivity index (χ0v) is 10.8. The van der Waals surface area contributed by atoms with Crippen LogP contribution in [0.25, 0.3) is 0 Å². The van der Waals surface area contributed by atoms with Gasteiger partial charge in [-0.25, -0.2) is 0 Å². The first kappa shape index (κ1) is 14.0. The Balaban J connectivity index is 2.37. The molecule has 0 saturated carbocycles. The summed E-state index contributed by atoms with van der Waals surface area (Å²) in [5.74, 6) is 0.845. The maximum Gasteiger partial charge on any atom is 0.119 e. The molecule has 0 amide bonds. The Bertz CT molecular complexity index is 319. The van der Waals surface area contributed by atoms with Crippen LogP contribution >= 0.6 is 0 Å². The molecule has 0 aliphatic rings. The maximum atomic E-state index is 9.71. The van der Waals surface area contributed by atoms with Crippen LogP contribution in [0.1, 0.15) is 32.3 Å². The van der Waals surface area contributed by atoms with Crippen LogP contribution in [0.4, 0.5) is 0 Å². The molecule has 0 aliphatic heterocycles. The molecule has 0 saturated heterocycles. The van der Waals surface area contributed by atoms with Gasteiger partial charge in [-0.05, 0) is 31.0 Å². The first-order valence-corrected chi connectivity index (χ1v) is 6.21. The Labute approximate surface area is 104 Å². The molecular weight excluding hydrogens is 214 g/mol. The normalized spacial score (nSPS) is 14.4. The second kappa shape index (κ2) is 6.62. The van der Waals surface area contributed by atoms with Gasteiger partial charge in [0.1, 0.15) is 5.75 Å². The van der Waals surface area contributed by atoms with E-state index in [9.17, 15) is 5.11 Å². The molecule has 1 aromatic carbocycles. The third-order valence-electron chi connectivity index (χ3n) is 2.81. The third-order valence-corrected chi connectivity index (χ3v) is 2.81. The summed E-state index contributed by atoms with van der Waals surface area (Å²) in [4.78, 5) is 0. The second-order valence-electron chi connectivity index (χ2n) is 4.69. The summed E-state index contributed by atoms with van der Waals surface area (Å²) in [5, 5.41) is 9.71. The lowest BCUT2D eigenvalue weighted by molar-refractivity contribution is 0.0453. The quantitative estimate of drug-likeness (QED) is 0.763. The van der Waals surface area contributed by atoms with Crippen molar-refractivity contribution in [1.29, 1.82) is 0 Å². The summed E-state index contributed by atoms with van der Waals surface area (Å²) < 4.78 is 5.56. The highest BCUT2D eigenvalue weighted by molar-refractivity contribution is 5.27. The molecule has 1 rings (SSSR count). The third kappa shape index (κ3) is 5.20. The van der Waals surface area contributed by atoms with E-state index in [4.69, 9.17) is 10.5 Å². The lowest BCUT2D eigenvalue weighted by Crippen LogP contribution is -2.35. The van der Waals surface area contributed by atoms with Crippen molar-refractivity contribution >= 4 is 0 Å². The molecular formula is C14H23NO2. The van der Waals surface area contributed by atoms with Gasteiger partial charge >= 0.3 is 0 Å². The summed E-state index contributed by atoms with van der Waals surface area (Å²) in [6, 6.07) is 8.12. The fourth-order valence-corrected chi connectivity index (χ4v) is 1.53. The van der Waals surface area contributed by atoms with Crippen LogP contribution in [0, 0.1) is 0 Å². The highest BCUT2D eigenvalue weighted by atomic mass is 16.5. The predicted octanol–water partition coefficient (Wildman–Crippen LogP) is 2.12. The van der Waals surface area contributed by atoms with Crippen LogP contribution in [0.2, 0.25) is 0 Å². The average Bonchev–Trinajstić information content (AvgIpc) is 2.32. The molecule has 1 unspecified atom stereocenters. The smallest absolute Gasteiger partial charge is 0.119 e. The van der Waals surface area contributed by atoms with E-state index in [1.807, 2.05) is 12.1 Å². The van der Waals surface area contributed by atoms with Gasteiger partial charge in [0, 0.05) is 13.0 Å². The predicted molar refractivity (Wildman–Crippen MR) is 70.2 cm³/mol. The molecule has 17 heavy (non-hydrogen) atoms. The van der Waals surface area contributed by atoms with Gasteiger partial charge in [0.2, 0.25) is 0 Å². The average molecular weight is 237 g/mol. The summed E-state index contributed by atoms with van der Waals surface area (Å²) >= 11 is 0. The van der Waals surface area contributed by atoms with Crippen molar-refractivity contribution in [3.63, 3.8) is 0 Å². The van der Waals surface area contributed by atoms with Crippen molar-refractivity contribution in [2.75, 3.05) is 13.2 Å². The molecule has 96 valence electrons. The largest absolute Gasteiger partial charge is 0.493 e. The van der Waals surface area contributed by atoms with Gasteiger partial charge in [0.15, 0.2) is 0 Å². The van der Waals surface area contributed by atoms with Crippen molar-refractivity contribution in [3.05, 3.63) is 29.8 Å². The Hall–Kier alpha value is -1.06. The zero-order chi connectivity index (χ0) is 12.7. The molecule has 3 nitrogen and oxygen atoms in total. The fourth-order valence-electron chi connectivity index (χ4n) is 1.53. The number of aliphatic hydroxyl groups is 1. The van der Waals surface area contributed by atoms with E-state index in [1.54, 1.807) is 6.92 Å². The van der Waals surface area contributed by atoms with Gasteiger partial charge in [-0.2, -0.15) is 0 Å². The van der Waals surface area contributed by atoms with E-state index >= 15 is 0 Å². The summed E-state index contributed by atoms with van der Waals surface area (Å²) in [7, 11) is 0. The number of rotatable bonds is 7. The van der Waals surface area contributed by atoms with E-state index in [0.29, 0.717) is 13.0 Å². The Morgan fingerprint density at radius 3 is 2.47 bits per heavy atom. The van der Waals surface area contributed by atoms with Gasteiger partial charge < -0.3 is 15.6 Å². The van der Waals surface area contributed by atoms with Crippen LogP contribution in [0.15, 0.2) is 24.3 Å². The van der Waals surface area contributed by atoms with Gasteiger partial charge in [0.05, 0.1) is 12.2 Å². The molecule has 0 bridgehead atoms. The Morgan fingerprint density at radius 2 is 1.94 bits per heavy atom. The van der Waals surface area contributed by atoms with E-state index in [-0.39, 0.29) is 6.54 Å². The minimum absolute atomic E-state index is 0.256. The first-order valence-electron chi connectivity index (χ1n) is 6.21. The van der Waals surface area contributed by atoms with E-state index in [1.165, 1.54) is 5.56 Å². The van der Waals surface area contributed by atoms with Crippen LogP contribution in [0.5, 0.6) is 5.75 Å². The molecule has 0 radical (unpaired) electrons. The maximum absolute atomic E-state index is 9.71. The van der Waals surface area contributed by atoms with Gasteiger partial charge in [-0.3, -0.25) is 0 Å². The molecule has 3 N–H and O–H groups in total. The molecule has 0 spiro atoms. The van der Waals surface area contributed by atoms with Crippen molar-refractivity contribution in [2.24, 2.45) is 5.73 Å². The number of benzene rings is 1. The molecule has 1 aromatic rings. The standard InChI is InChI=1S/C14H23NO2/c1-3-4-12-5-7-13(8-6-12)17-10-9-14(2,16)11-15/h5-8,16H,3-4,9-11,15H2,1-2H3. The van der Waals surface area contributed by atoms with Gasteiger partial charge in [-0.1, -0.05) is 25.5 Å². The Morgan fingerprint density at radius 1 is 1.29 bits per heavy atom. The van der Waals surface area contributed by atoms with Gasteiger partial charge in [0.25, 0.3) is 0 Å². The number of aryl methyl sites for hydroxylation is 1. The highest BCUT2D eigenvalue weighted by Gasteiger charge is 2.17. The second-order valence-corrected chi connectivity index (χ2v) is 4.69. The van der Waals surface area contributed by atoms with E-state index in [0.717, 1.165) is 18.6 Å². The Kier molecular flexibility index (Phi) is 5.45. The van der Waals surface area contributed by atoms with Crippen molar-refractivity contribution < 1.29 is 9.84 Å². The SMILES string of the molecule is CCCc1ccc(OCCC(C)(O)CN)cc1. The highest BCUT2D eigenvalue weighted by Crippen LogP contribution is 2.15. The number of nitrogens with two attached hydrogens (primary N) is 1. The van der Waals surface area contributed by atoms with Crippen LogP contribution in [0.3, 0.4) is 0 Å². The number of ether oxygens (including phenoxy) is 1. The topological polar surface area (TPSA) is 55.5 Å². The van der Waals surface area contributed by atoms with E-state index < -0.39 is 5.60 Å². The molecule has 0 aliphatic carbocycles. The van der Waals surface area contributed by atoms with Gasteiger partial charge in [-0.15, -0.1) is 0 Å². The minimum Gasteiger partial charge on any atom is -0.493 e. The summed E-state index contributed by atoms with van der Waals surface area (Å²) in [6.07, 6.45) is 2.79. The first-order chi connectivity index (χ1) is 8.07. The van der Waals surface area contributed by atoms with Crippen LogP contribution in [-0.4, -0.2) is 23.9 Å². The van der Waals surface area contributed by atoms with Crippen LogP contribution in [-0.2, 0) is 6.42 Å². The molecule has 0 heterocycles.